The number of Topliss-reactive ketones (excluding diaryl/α,β-unsaturated/α-hetero) is 1. The third kappa shape index (κ3) is 8.29. The molecule has 0 radical (unpaired) electrons. The molecule has 0 saturated carbocycles. The molecular formula is C31H36N4O6. The van der Waals surface area contributed by atoms with Crippen LogP contribution in [0.15, 0.2) is 48.5 Å². The van der Waals surface area contributed by atoms with Crippen molar-refractivity contribution < 1.29 is 30.3 Å². The second-order valence-corrected chi connectivity index (χ2v) is 10.0. The third-order valence-electron chi connectivity index (χ3n) is 6.65. The highest BCUT2D eigenvalue weighted by atomic mass is 16.4. The average Bonchev–Trinajstić information content (AvgIpc) is 3.78. The number of aromatic nitrogens is 4. The number of fused-ring (bicyclic) bond motifs is 8. The Morgan fingerprint density at radius 3 is 1.63 bits per heavy atom. The van der Waals surface area contributed by atoms with Crippen molar-refractivity contribution >= 4 is 52.2 Å². The van der Waals surface area contributed by atoms with Gasteiger partial charge in [-0.1, -0.05) is 19.8 Å². The molecule has 10 nitrogen and oxygen atoms in total. The van der Waals surface area contributed by atoms with E-state index in [2.05, 4.69) is 50.3 Å². The number of ketones is 1. The van der Waals surface area contributed by atoms with E-state index in [9.17, 15) is 20.1 Å². The molecule has 3 aromatic heterocycles. The fraction of sp³-hybridized carbons (Fsp3) is 0.323. The van der Waals surface area contributed by atoms with Crippen LogP contribution < -0.4 is 0 Å². The minimum Gasteiger partial charge on any atom is -0.394 e. The van der Waals surface area contributed by atoms with E-state index >= 15 is 0 Å². The number of hydrogen-bond acceptors (Lipinski definition) is 8. The van der Waals surface area contributed by atoms with Gasteiger partial charge in [-0.2, -0.15) is 0 Å². The molecule has 0 aromatic carbocycles. The number of aliphatic hydroxyl groups excluding tert-OH is 5. The van der Waals surface area contributed by atoms with Crippen molar-refractivity contribution in [3.8, 4) is 0 Å². The summed E-state index contributed by atoms with van der Waals surface area (Å²) in [6, 6.07) is 16.4. The van der Waals surface area contributed by atoms with Crippen molar-refractivity contribution in [2.75, 3.05) is 6.61 Å². The molecule has 5 heterocycles. The molecule has 3 aromatic rings. The summed E-state index contributed by atoms with van der Waals surface area (Å²) >= 11 is 0. The predicted octanol–water partition coefficient (Wildman–Crippen LogP) is 3.23. The monoisotopic (exact) mass is 560 g/mol. The summed E-state index contributed by atoms with van der Waals surface area (Å²) in [6.45, 7) is 1.21. The number of aromatic amines is 2. The van der Waals surface area contributed by atoms with Crippen LogP contribution in [0.5, 0.6) is 0 Å². The van der Waals surface area contributed by atoms with Crippen LogP contribution in [0.3, 0.4) is 0 Å². The summed E-state index contributed by atoms with van der Waals surface area (Å²) in [5, 5.41) is 45.8. The van der Waals surface area contributed by atoms with E-state index in [1.165, 1.54) is 0 Å². The first-order valence-corrected chi connectivity index (χ1v) is 13.7. The van der Waals surface area contributed by atoms with Gasteiger partial charge < -0.3 is 35.5 Å². The standard InChI is InChI=1S/C20H14N4.C11H22O6/c1-2-14-10-16-5-6-18(23-16)12-20-8-7-19(24-20)11-17-4-3-15(22-17)9-13(1)21-14;1-2-3-4-5-7(13)9(15)11(17)10(16)8(14)6-12/h1-12,21-22H;8-12,14-17H,2-6H2,1H3. The third-order valence-corrected chi connectivity index (χ3v) is 6.65. The van der Waals surface area contributed by atoms with Gasteiger partial charge in [-0.15, -0.1) is 0 Å². The molecule has 7 N–H and O–H groups in total. The van der Waals surface area contributed by atoms with Crippen LogP contribution in [0.2, 0.25) is 0 Å². The Bertz CT molecular complexity index is 1470. The number of hydrogen-bond donors (Lipinski definition) is 7. The van der Waals surface area contributed by atoms with Gasteiger partial charge in [0.05, 0.1) is 29.4 Å². The molecule has 0 spiro atoms. The molecule has 10 heteroatoms. The summed E-state index contributed by atoms with van der Waals surface area (Å²) in [5.41, 5.74) is 7.86. The minimum absolute atomic E-state index is 0.119. The maximum Gasteiger partial charge on any atom is 0.164 e. The molecule has 41 heavy (non-hydrogen) atoms. The number of aliphatic hydroxyl groups is 5. The van der Waals surface area contributed by atoms with Crippen LogP contribution in [0.1, 0.15) is 55.4 Å². The molecule has 4 atom stereocenters. The Morgan fingerprint density at radius 2 is 1.17 bits per heavy atom. The Morgan fingerprint density at radius 1 is 0.707 bits per heavy atom. The minimum atomic E-state index is -1.79. The lowest BCUT2D eigenvalue weighted by molar-refractivity contribution is -0.147. The first-order valence-electron chi connectivity index (χ1n) is 13.7. The zero-order valence-corrected chi connectivity index (χ0v) is 22.8. The molecule has 0 saturated heterocycles. The van der Waals surface area contributed by atoms with Gasteiger partial charge in [0.15, 0.2) is 5.78 Å². The topological polar surface area (TPSA) is 176 Å². The van der Waals surface area contributed by atoms with E-state index < -0.39 is 36.8 Å². The van der Waals surface area contributed by atoms with Gasteiger partial charge in [0.2, 0.25) is 0 Å². The van der Waals surface area contributed by atoms with Crippen molar-refractivity contribution in [1.82, 2.24) is 19.9 Å². The number of rotatable bonds is 9. The zero-order chi connectivity index (χ0) is 29.4. The number of carbonyl (C=O) groups excluding carboxylic acids is 1. The molecule has 0 fully saturated rings. The number of carbonyl (C=O) groups is 1. The quantitative estimate of drug-likeness (QED) is 0.134. The van der Waals surface area contributed by atoms with Gasteiger partial charge >= 0.3 is 0 Å². The molecule has 2 aliphatic rings. The number of nitrogens with zero attached hydrogens (tertiary/aromatic N) is 2. The van der Waals surface area contributed by atoms with Gasteiger partial charge in [-0.05, 0) is 79.3 Å². The van der Waals surface area contributed by atoms with E-state index in [-0.39, 0.29) is 6.42 Å². The number of nitrogens with one attached hydrogen (secondary N) is 2. The molecular weight excluding hydrogens is 524 g/mol. The van der Waals surface area contributed by atoms with Gasteiger partial charge in [0, 0.05) is 28.5 Å². The van der Waals surface area contributed by atoms with E-state index in [0.29, 0.717) is 6.42 Å². The van der Waals surface area contributed by atoms with Gasteiger partial charge in [0.25, 0.3) is 0 Å². The highest BCUT2D eigenvalue weighted by molar-refractivity contribution is 5.83. The van der Waals surface area contributed by atoms with Gasteiger partial charge in [-0.3, -0.25) is 4.79 Å². The van der Waals surface area contributed by atoms with Crippen molar-refractivity contribution in [3.05, 3.63) is 71.3 Å². The van der Waals surface area contributed by atoms with Crippen molar-refractivity contribution in [1.29, 1.82) is 0 Å². The maximum atomic E-state index is 11.4. The smallest absolute Gasteiger partial charge is 0.164 e. The number of unbranched alkanes of at least 4 members (excludes halogenated alkanes) is 2. The van der Waals surface area contributed by atoms with Crippen LogP contribution in [0.25, 0.3) is 46.4 Å². The zero-order valence-electron chi connectivity index (χ0n) is 22.8. The van der Waals surface area contributed by atoms with Crippen molar-refractivity contribution in [3.63, 3.8) is 0 Å². The lowest BCUT2D eigenvalue weighted by Crippen LogP contribution is -2.48. The first kappa shape index (κ1) is 30.0. The molecule has 8 bridgehead atoms. The second-order valence-electron chi connectivity index (χ2n) is 10.0. The Labute approximate surface area is 237 Å². The summed E-state index contributed by atoms with van der Waals surface area (Å²) in [6.07, 6.45) is 3.70. The highest BCUT2D eigenvalue weighted by Gasteiger charge is 2.33. The van der Waals surface area contributed by atoms with Gasteiger partial charge in [0.1, 0.15) is 24.4 Å². The first-order chi connectivity index (χ1) is 19.7. The van der Waals surface area contributed by atoms with Crippen LogP contribution in [0.4, 0.5) is 0 Å². The normalized spacial score (nSPS) is 15.1. The summed E-state index contributed by atoms with van der Waals surface area (Å²) in [5.74, 6) is -0.574. The lowest BCUT2D eigenvalue weighted by atomic mass is 9.97. The van der Waals surface area contributed by atoms with E-state index in [1.807, 2.05) is 49.4 Å². The number of H-pyrrole nitrogens is 2. The lowest BCUT2D eigenvalue weighted by Gasteiger charge is -2.24. The van der Waals surface area contributed by atoms with Crippen molar-refractivity contribution in [2.45, 2.75) is 57.0 Å². The molecule has 216 valence electrons. The van der Waals surface area contributed by atoms with Crippen LogP contribution in [0, 0.1) is 0 Å². The van der Waals surface area contributed by atoms with E-state index in [1.54, 1.807) is 0 Å². The molecule has 0 amide bonds. The van der Waals surface area contributed by atoms with Crippen LogP contribution >= 0.6 is 0 Å². The predicted molar refractivity (Wildman–Crippen MR) is 159 cm³/mol. The summed E-state index contributed by atoms with van der Waals surface area (Å²) < 4.78 is 0. The van der Waals surface area contributed by atoms with Crippen molar-refractivity contribution in [2.24, 2.45) is 0 Å². The Kier molecular flexibility index (Phi) is 10.3. The SMILES string of the molecule is C1=Cc2cc3ccc(cc4ccc(cc5nc(cc1n2)C=C5)[nH]4)[nH]3.CCCCCC(=O)C(O)C(O)C(O)C(O)CO. The molecule has 0 aliphatic carbocycles. The fourth-order valence-electron chi connectivity index (χ4n) is 4.35. The second kappa shape index (κ2) is 14.1. The fourth-order valence-corrected chi connectivity index (χ4v) is 4.35. The maximum absolute atomic E-state index is 11.4. The largest absolute Gasteiger partial charge is 0.394 e. The highest BCUT2D eigenvalue weighted by Crippen LogP contribution is 2.17. The average molecular weight is 561 g/mol. The summed E-state index contributed by atoms with van der Waals surface area (Å²) in [7, 11) is 0. The molecule has 5 rings (SSSR count). The van der Waals surface area contributed by atoms with Crippen LogP contribution in [-0.4, -0.2) is 82.3 Å². The van der Waals surface area contributed by atoms with Crippen LogP contribution in [-0.2, 0) is 4.79 Å². The Hall–Kier alpha value is -3.93. The van der Waals surface area contributed by atoms with E-state index in [0.717, 1.165) is 57.7 Å². The molecule has 4 unspecified atom stereocenters. The summed E-state index contributed by atoms with van der Waals surface area (Å²) in [4.78, 5) is 27.4. The molecule has 2 aliphatic heterocycles. The van der Waals surface area contributed by atoms with E-state index in [4.69, 9.17) is 10.2 Å². The van der Waals surface area contributed by atoms with Gasteiger partial charge in [-0.25, -0.2) is 9.97 Å². The Balaban J connectivity index is 0.000000204.